The van der Waals surface area contributed by atoms with Gasteiger partial charge < -0.3 is 10.1 Å². The Balaban J connectivity index is 1.33. The molecule has 2 heterocycles. The van der Waals surface area contributed by atoms with Gasteiger partial charge in [-0.2, -0.15) is 0 Å². The molecular formula is C21H23ClN2O2S. The van der Waals surface area contributed by atoms with Gasteiger partial charge in [-0.3, -0.25) is 9.69 Å². The second-order valence-electron chi connectivity index (χ2n) is 7.09. The van der Waals surface area contributed by atoms with Crippen LogP contribution in [-0.4, -0.2) is 43.3 Å². The molecule has 142 valence electrons. The van der Waals surface area contributed by atoms with Gasteiger partial charge in [-0.1, -0.05) is 11.6 Å². The first-order chi connectivity index (χ1) is 13.1. The number of anilines is 1. The van der Waals surface area contributed by atoms with Crippen molar-refractivity contribution in [2.75, 3.05) is 37.8 Å². The second kappa shape index (κ2) is 7.74. The predicted octanol–water partition coefficient (Wildman–Crippen LogP) is 4.43. The summed E-state index contributed by atoms with van der Waals surface area (Å²) in [6.45, 7) is 3.28. The van der Waals surface area contributed by atoms with Gasteiger partial charge in [-0.25, -0.2) is 0 Å². The van der Waals surface area contributed by atoms with E-state index in [0.29, 0.717) is 11.6 Å². The largest absolute Gasteiger partial charge is 0.492 e. The van der Waals surface area contributed by atoms with Crippen molar-refractivity contribution in [3.63, 3.8) is 0 Å². The maximum absolute atomic E-state index is 12.7. The SMILES string of the molecule is CSc1ccc(OCCN2CCC3(CC2)C(=O)Nc2ccc(Cl)cc23)cc1. The Hall–Kier alpha value is -1.69. The lowest BCUT2D eigenvalue weighted by molar-refractivity contribution is -0.122. The van der Waals surface area contributed by atoms with Gasteiger partial charge in [0, 0.05) is 22.2 Å². The van der Waals surface area contributed by atoms with E-state index in [0.717, 1.165) is 49.5 Å². The van der Waals surface area contributed by atoms with Crippen LogP contribution in [-0.2, 0) is 10.2 Å². The van der Waals surface area contributed by atoms with E-state index in [1.54, 1.807) is 11.8 Å². The fourth-order valence-corrected chi connectivity index (χ4v) is 4.59. The van der Waals surface area contributed by atoms with Crippen molar-refractivity contribution in [3.8, 4) is 5.75 Å². The van der Waals surface area contributed by atoms with E-state index in [1.165, 1.54) is 4.90 Å². The van der Waals surface area contributed by atoms with Crippen molar-refractivity contribution in [1.29, 1.82) is 0 Å². The highest BCUT2D eigenvalue weighted by Gasteiger charge is 2.48. The van der Waals surface area contributed by atoms with Crippen molar-refractivity contribution in [1.82, 2.24) is 4.90 Å². The number of nitrogens with one attached hydrogen (secondary N) is 1. The molecule has 2 aromatic carbocycles. The highest BCUT2D eigenvalue weighted by atomic mass is 35.5. The quantitative estimate of drug-likeness (QED) is 0.751. The zero-order valence-corrected chi connectivity index (χ0v) is 16.9. The summed E-state index contributed by atoms with van der Waals surface area (Å²) >= 11 is 7.91. The van der Waals surface area contributed by atoms with E-state index < -0.39 is 5.41 Å². The van der Waals surface area contributed by atoms with Crippen molar-refractivity contribution in [3.05, 3.63) is 53.1 Å². The summed E-state index contributed by atoms with van der Waals surface area (Å²) in [6, 6.07) is 13.9. The Morgan fingerprint density at radius 3 is 2.63 bits per heavy atom. The summed E-state index contributed by atoms with van der Waals surface area (Å²) in [4.78, 5) is 16.3. The summed E-state index contributed by atoms with van der Waals surface area (Å²) in [5.74, 6) is 1.02. The van der Waals surface area contributed by atoms with E-state index >= 15 is 0 Å². The van der Waals surface area contributed by atoms with E-state index in [-0.39, 0.29) is 5.91 Å². The van der Waals surface area contributed by atoms with E-state index in [1.807, 2.05) is 30.3 Å². The van der Waals surface area contributed by atoms with Crippen molar-refractivity contribution < 1.29 is 9.53 Å². The molecule has 27 heavy (non-hydrogen) atoms. The van der Waals surface area contributed by atoms with Crippen molar-refractivity contribution in [2.24, 2.45) is 0 Å². The van der Waals surface area contributed by atoms with Gasteiger partial charge in [0.1, 0.15) is 12.4 Å². The third-order valence-electron chi connectivity index (χ3n) is 5.63. The van der Waals surface area contributed by atoms with Crippen LogP contribution in [0.2, 0.25) is 5.02 Å². The van der Waals surface area contributed by atoms with Crippen molar-refractivity contribution >= 4 is 35.0 Å². The molecule has 1 spiro atoms. The molecule has 1 amide bonds. The monoisotopic (exact) mass is 402 g/mol. The minimum Gasteiger partial charge on any atom is -0.492 e. The third-order valence-corrected chi connectivity index (χ3v) is 6.60. The Morgan fingerprint density at radius 1 is 1.19 bits per heavy atom. The van der Waals surface area contributed by atoms with Crippen LogP contribution < -0.4 is 10.1 Å². The van der Waals surface area contributed by atoms with Crippen LogP contribution in [0.5, 0.6) is 5.75 Å². The van der Waals surface area contributed by atoms with Crippen LogP contribution in [0.25, 0.3) is 0 Å². The highest BCUT2D eigenvalue weighted by Crippen LogP contribution is 2.45. The number of hydrogen-bond donors (Lipinski definition) is 1. The Bertz CT molecular complexity index is 833. The topological polar surface area (TPSA) is 41.6 Å². The molecule has 2 aromatic rings. The molecule has 0 saturated carbocycles. The molecule has 6 heteroatoms. The molecule has 1 fully saturated rings. The number of likely N-dealkylation sites (tertiary alicyclic amines) is 1. The van der Waals surface area contributed by atoms with Crippen LogP contribution in [0.4, 0.5) is 5.69 Å². The molecule has 4 nitrogen and oxygen atoms in total. The summed E-state index contributed by atoms with van der Waals surface area (Å²) in [5, 5.41) is 3.72. The minimum atomic E-state index is -0.425. The zero-order valence-electron chi connectivity index (χ0n) is 15.3. The molecule has 0 aromatic heterocycles. The average molecular weight is 403 g/mol. The summed E-state index contributed by atoms with van der Waals surface area (Å²) in [6.07, 6.45) is 3.69. The number of hydrogen-bond acceptors (Lipinski definition) is 4. The average Bonchev–Trinajstić information content (AvgIpc) is 2.95. The van der Waals surface area contributed by atoms with E-state index in [4.69, 9.17) is 16.3 Å². The fourth-order valence-electron chi connectivity index (χ4n) is 4.00. The summed E-state index contributed by atoms with van der Waals surface area (Å²) in [7, 11) is 0. The van der Waals surface area contributed by atoms with Gasteiger partial charge in [0.2, 0.25) is 5.91 Å². The lowest BCUT2D eigenvalue weighted by atomic mass is 9.73. The number of ether oxygens (including phenoxy) is 1. The second-order valence-corrected chi connectivity index (χ2v) is 8.41. The first-order valence-corrected chi connectivity index (χ1v) is 10.8. The number of rotatable bonds is 5. The molecule has 1 saturated heterocycles. The third kappa shape index (κ3) is 3.68. The minimum absolute atomic E-state index is 0.115. The molecule has 0 aliphatic carbocycles. The van der Waals surface area contributed by atoms with E-state index in [2.05, 4.69) is 28.6 Å². The van der Waals surface area contributed by atoms with Crippen LogP contribution in [0.1, 0.15) is 18.4 Å². The Morgan fingerprint density at radius 2 is 1.93 bits per heavy atom. The number of nitrogens with zero attached hydrogens (tertiary/aromatic N) is 1. The fraction of sp³-hybridized carbons (Fsp3) is 0.381. The predicted molar refractivity (Wildman–Crippen MR) is 111 cm³/mol. The lowest BCUT2D eigenvalue weighted by Crippen LogP contribution is -2.47. The van der Waals surface area contributed by atoms with Gasteiger partial charge in [0.05, 0.1) is 5.41 Å². The maximum Gasteiger partial charge on any atom is 0.235 e. The van der Waals surface area contributed by atoms with Gasteiger partial charge in [-0.05, 0) is 80.2 Å². The number of halogens is 1. The molecule has 0 atom stereocenters. The normalized spacial score (nSPS) is 18.4. The number of carbonyl (C=O) groups excluding carboxylic acids is 1. The molecular weight excluding hydrogens is 380 g/mol. The zero-order chi connectivity index (χ0) is 18.9. The number of amides is 1. The van der Waals surface area contributed by atoms with Crippen LogP contribution in [0.3, 0.4) is 0 Å². The maximum atomic E-state index is 12.7. The number of fused-ring (bicyclic) bond motifs is 2. The van der Waals surface area contributed by atoms with Crippen molar-refractivity contribution in [2.45, 2.75) is 23.2 Å². The van der Waals surface area contributed by atoms with Crippen LogP contribution in [0, 0.1) is 0 Å². The number of piperidine rings is 1. The first-order valence-electron chi connectivity index (χ1n) is 9.21. The number of benzene rings is 2. The molecule has 4 rings (SSSR count). The lowest BCUT2D eigenvalue weighted by Gasteiger charge is -2.37. The summed E-state index contributed by atoms with van der Waals surface area (Å²) < 4.78 is 5.87. The Kier molecular flexibility index (Phi) is 5.35. The number of thioether (sulfide) groups is 1. The van der Waals surface area contributed by atoms with E-state index in [9.17, 15) is 4.79 Å². The van der Waals surface area contributed by atoms with Crippen LogP contribution >= 0.6 is 23.4 Å². The van der Waals surface area contributed by atoms with Gasteiger partial charge in [-0.15, -0.1) is 11.8 Å². The standard InChI is InChI=1S/C21H23ClN2O2S/c1-27-17-5-3-16(4-6-17)26-13-12-24-10-8-21(9-11-24)18-14-15(22)2-7-19(18)23-20(21)25/h2-7,14H,8-13H2,1H3,(H,23,25). The molecule has 2 aliphatic heterocycles. The molecule has 1 N–H and O–H groups in total. The molecule has 0 radical (unpaired) electrons. The number of carbonyl (C=O) groups is 1. The van der Waals surface area contributed by atoms with Gasteiger partial charge >= 0.3 is 0 Å². The van der Waals surface area contributed by atoms with Gasteiger partial charge in [0.25, 0.3) is 0 Å². The molecule has 0 bridgehead atoms. The molecule has 0 unspecified atom stereocenters. The summed E-state index contributed by atoms with van der Waals surface area (Å²) in [5.41, 5.74) is 1.55. The smallest absolute Gasteiger partial charge is 0.235 e. The van der Waals surface area contributed by atoms with Gasteiger partial charge in [0.15, 0.2) is 0 Å². The first kappa shape index (κ1) is 18.7. The van der Waals surface area contributed by atoms with Crippen LogP contribution in [0.15, 0.2) is 47.4 Å². The molecule has 2 aliphatic rings. The highest BCUT2D eigenvalue weighted by molar-refractivity contribution is 7.98. The Labute approximate surface area is 169 Å².